The third kappa shape index (κ3) is 7.19. The summed E-state index contributed by atoms with van der Waals surface area (Å²) < 4.78 is 5.85. The number of ketones is 3. The monoisotopic (exact) mass is 793 g/mol. The summed E-state index contributed by atoms with van der Waals surface area (Å²) in [4.78, 5) is 36.2. The van der Waals surface area contributed by atoms with Crippen LogP contribution in [-0.4, -0.2) is 29.1 Å². The van der Waals surface area contributed by atoms with Gasteiger partial charge in [-0.1, -0.05) is 79.7 Å². The molecule has 0 spiro atoms. The molecular weight excluding hydrogens is 713 g/mol. The van der Waals surface area contributed by atoms with Crippen LogP contribution >= 0.6 is 0 Å². The lowest BCUT2D eigenvalue weighted by molar-refractivity contribution is -0.122. The van der Waals surface area contributed by atoms with Crippen LogP contribution in [-0.2, 0) is 19.1 Å². The number of rotatable bonds is 9. The van der Waals surface area contributed by atoms with E-state index in [9.17, 15) is 14.4 Å². The molecule has 1 saturated heterocycles. The molecule has 15 atom stereocenters. The molecule has 0 aromatic rings. The maximum absolute atomic E-state index is 12.2. The summed E-state index contributed by atoms with van der Waals surface area (Å²) in [6, 6.07) is 0. The number of epoxide rings is 1. The second-order valence-electron chi connectivity index (χ2n) is 23.6. The second kappa shape index (κ2) is 15.4. The quantitative estimate of drug-likeness (QED) is 0.218. The predicted octanol–water partition coefficient (Wildman–Crippen LogP) is 13.1. The van der Waals surface area contributed by atoms with Crippen LogP contribution in [0.4, 0.5) is 0 Å². The van der Waals surface area contributed by atoms with Gasteiger partial charge in [0, 0.05) is 25.2 Å². The van der Waals surface area contributed by atoms with Crippen LogP contribution in [0.1, 0.15) is 172 Å². The zero-order valence-electron chi connectivity index (χ0n) is 38.3. The molecule has 0 aromatic carbocycles. The van der Waals surface area contributed by atoms with Crippen molar-refractivity contribution in [2.24, 2.45) is 86.8 Å². The Morgan fingerprint density at radius 3 is 1.52 bits per heavy atom. The molecule has 9 rings (SSSR count). The molecule has 0 amide bonds. The fraction of sp³-hybridized carbons (Fsp3) is 0.796. The van der Waals surface area contributed by atoms with Crippen molar-refractivity contribution in [3.63, 3.8) is 0 Å². The van der Waals surface area contributed by atoms with E-state index < -0.39 is 0 Å². The van der Waals surface area contributed by atoms with Gasteiger partial charge in [0.25, 0.3) is 0 Å². The molecule has 1 heterocycles. The molecule has 8 aliphatic carbocycles. The first kappa shape index (κ1) is 42.6. The number of allylic oxidation sites excluding steroid dienone is 8. The van der Waals surface area contributed by atoms with Crippen LogP contribution in [0.25, 0.3) is 0 Å². The van der Waals surface area contributed by atoms with E-state index in [1.807, 2.05) is 26.0 Å². The number of hydrogen-bond donors (Lipinski definition) is 0. The maximum Gasteiger partial charge on any atom is 0.156 e. The van der Waals surface area contributed by atoms with Crippen LogP contribution in [0, 0.1) is 86.8 Å². The predicted molar refractivity (Wildman–Crippen MR) is 236 cm³/mol. The Morgan fingerprint density at radius 1 is 0.638 bits per heavy atom. The molecule has 0 bridgehead atoms. The van der Waals surface area contributed by atoms with E-state index in [2.05, 4.69) is 79.7 Å². The summed E-state index contributed by atoms with van der Waals surface area (Å²) in [6.07, 6.45) is 32.8. The van der Waals surface area contributed by atoms with Gasteiger partial charge in [-0.15, -0.1) is 0 Å². The van der Waals surface area contributed by atoms with Gasteiger partial charge in [-0.25, -0.2) is 0 Å². The molecule has 320 valence electrons. The van der Waals surface area contributed by atoms with Gasteiger partial charge < -0.3 is 4.74 Å². The summed E-state index contributed by atoms with van der Waals surface area (Å²) >= 11 is 0. The normalized spacial score (nSPS) is 45.3. The Labute approximate surface area is 353 Å². The highest BCUT2D eigenvalue weighted by atomic mass is 16.6. The average Bonchev–Trinajstić information content (AvgIpc) is 3.43. The zero-order chi connectivity index (χ0) is 41.6. The van der Waals surface area contributed by atoms with E-state index >= 15 is 0 Å². The summed E-state index contributed by atoms with van der Waals surface area (Å²) in [5.74, 6) is 8.69. The average molecular weight is 793 g/mol. The van der Waals surface area contributed by atoms with Crippen molar-refractivity contribution in [2.75, 3.05) is 0 Å². The van der Waals surface area contributed by atoms with Crippen molar-refractivity contribution < 1.29 is 19.1 Å². The smallest absolute Gasteiger partial charge is 0.156 e. The summed E-state index contributed by atoms with van der Waals surface area (Å²) in [5.41, 5.74) is 4.09. The Hall–Kier alpha value is -2.07. The number of carbonyl (C=O) groups excluding carboxylic acids is 3. The summed E-state index contributed by atoms with van der Waals surface area (Å²) in [6.45, 7) is 23.5. The number of ether oxygens (including phenoxy) is 1. The van der Waals surface area contributed by atoms with Crippen molar-refractivity contribution in [3.05, 3.63) is 47.6 Å². The first-order chi connectivity index (χ1) is 27.3. The van der Waals surface area contributed by atoms with Crippen LogP contribution in [0.15, 0.2) is 47.6 Å². The number of hydrogen-bond acceptors (Lipinski definition) is 4. The highest BCUT2D eigenvalue weighted by Crippen LogP contribution is 2.68. The molecule has 1 aliphatic heterocycles. The van der Waals surface area contributed by atoms with Crippen molar-refractivity contribution >= 4 is 17.3 Å². The maximum atomic E-state index is 12.2. The van der Waals surface area contributed by atoms with E-state index in [0.717, 1.165) is 74.0 Å². The molecular formula is C54H80O4. The second-order valence-corrected chi connectivity index (χ2v) is 23.6. The SMILES string of the molecule is CC(C)C(=O)CC[C@@H](C)[C@H]1CC[C@H]2[C@@H]3C=CC4=CC(=O)CC[C@]4(C)[C@H]3CC[C@]12C.C[C@H](CCC1OC1(C)C)[C@H]1CC[C@H]2[C@@H]3C=CC4=CC(=O)CC[C@]4(C)[C@H]3CC[C@]12C. The summed E-state index contributed by atoms with van der Waals surface area (Å²) in [7, 11) is 0. The molecule has 58 heavy (non-hydrogen) atoms. The Kier molecular flexibility index (Phi) is 11.3. The van der Waals surface area contributed by atoms with Crippen molar-refractivity contribution in [3.8, 4) is 0 Å². The van der Waals surface area contributed by atoms with Crippen LogP contribution < -0.4 is 0 Å². The van der Waals surface area contributed by atoms with Crippen LogP contribution in [0.3, 0.4) is 0 Å². The molecule has 0 aromatic heterocycles. The van der Waals surface area contributed by atoms with E-state index in [0.29, 0.717) is 58.0 Å². The lowest BCUT2D eigenvalue weighted by Gasteiger charge is -2.56. The number of fused-ring (bicyclic) bond motifs is 10. The first-order valence-corrected chi connectivity index (χ1v) is 24.4. The molecule has 4 nitrogen and oxygen atoms in total. The van der Waals surface area contributed by atoms with Gasteiger partial charge >= 0.3 is 0 Å². The van der Waals surface area contributed by atoms with Gasteiger partial charge in [0.05, 0.1) is 11.7 Å². The Morgan fingerprint density at radius 2 is 1.09 bits per heavy atom. The summed E-state index contributed by atoms with van der Waals surface area (Å²) in [5, 5.41) is 0. The Bertz CT molecular complexity index is 1760. The standard InChI is InChI=1S/2C27H40O2/c1-17(6-11-24-25(2,3)29-24)21-9-10-22-20-8-7-18-16-19(28)12-14-26(18,4)23(20)13-15-27(21,22)5;1-17(2)25(29)11-6-18(3)22-9-10-23-21-8-7-19-16-20(28)12-14-26(19,4)24(21)13-15-27(22,23)5/h7-8,16-17,20-24H,6,9-15H2,1-5H3;7-8,16-18,21-24H,6,9-15H2,1-5H3/t17-,20+,21-,22+,23+,24?,26+,27-;18-,21+,22-,23+,24+,26+,27-/m11/s1. The van der Waals surface area contributed by atoms with E-state index in [-0.39, 0.29) is 22.3 Å². The lowest BCUT2D eigenvalue weighted by Crippen LogP contribution is -2.49. The largest absolute Gasteiger partial charge is 0.367 e. The highest BCUT2D eigenvalue weighted by molar-refractivity contribution is 5.92. The van der Waals surface area contributed by atoms with E-state index in [4.69, 9.17) is 4.74 Å². The lowest BCUT2D eigenvalue weighted by atomic mass is 9.48. The molecule has 0 radical (unpaired) electrons. The zero-order valence-corrected chi connectivity index (χ0v) is 38.3. The van der Waals surface area contributed by atoms with Crippen LogP contribution in [0.5, 0.6) is 0 Å². The third-order valence-electron chi connectivity index (χ3n) is 20.1. The molecule has 4 heteroatoms. The highest BCUT2D eigenvalue weighted by Gasteiger charge is 2.60. The third-order valence-corrected chi connectivity index (χ3v) is 20.1. The molecule has 9 aliphatic rings. The Balaban J connectivity index is 0.000000162. The minimum absolute atomic E-state index is 0.134. The number of Topliss-reactive ketones (excluding diaryl/α,β-unsaturated/α-hetero) is 1. The van der Waals surface area contributed by atoms with E-state index in [1.54, 1.807) is 0 Å². The van der Waals surface area contributed by atoms with Gasteiger partial charge in [-0.2, -0.15) is 0 Å². The van der Waals surface area contributed by atoms with Gasteiger partial charge in [0.2, 0.25) is 0 Å². The van der Waals surface area contributed by atoms with Gasteiger partial charge in [0.1, 0.15) is 5.78 Å². The minimum atomic E-state index is 0.134. The fourth-order valence-electron chi connectivity index (χ4n) is 16.2. The van der Waals surface area contributed by atoms with Gasteiger partial charge in [-0.05, 0) is 201 Å². The topological polar surface area (TPSA) is 63.7 Å². The van der Waals surface area contributed by atoms with Gasteiger partial charge in [-0.3, -0.25) is 14.4 Å². The molecule has 5 fully saturated rings. The molecule has 4 saturated carbocycles. The number of carbonyl (C=O) groups is 3. The first-order valence-electron chi connectivity index (χ1n) is 24.4. The molecule has 0 N–H and O–H groups in total. The minimum Gasteiger partial charge on any atom is -0.367 e. The van der Waals surface area contributed by atoms with Crippen molar-refractivity contribution in [1.82, 2.24) is 0 Å². The van der Waals surface area contributed by atoms with Crippen LogP contribution in [0.2, 0.25) is 0 Å². The fourth-order valence-corrected chi connectivity index (χ4v) is 16.2. The van der Waals surface area contributed by atoms with Crippen molar-refractivity contribution in [1.29, 1.82) is 0 Å². The van der Waals surface area contributed by atoms with Gasteiger partial charge in [0.15, 0.2) is 11.6 Å². The molecule has 1 unspecified atom stereocenters. The van der Waals surface area contributed by atoms with Crippen molar-refractivity contribution in [2.45, 2.75) is 184 Å². The van der Waals surface area contributed by atoms with E-state index in [1.165, 1.54) is 75.4 Å².